The Bertz CT molecular complexity index is 84.9. The van der Waals surface area contributed by atoms with Crippen LogP contribution in [0.1, 0.15) is 6.92 Å². The fraction of sp³-hybridized carbons (Fsp3) is 0.125. The normalized spacial score (nSPS) is 2.47. The van der Waals surface area contributed by atoms with Crippen molar-refractivity contribution < 1.29 is 137 Å². The Morgan fingerprint density at radius 3 is 0.947 bits per heavy atom. The minimum atomic E-state index is 0. The van der Waals surface area contributed by atoms with Crippen LogP contribution >= 0.6 is 37.2 Å². The number of rotatable bonds is 0. The number of halogens is 2. The summed E-state index contributed by atoms with van der Waals surface area (Å²) in [5, 5.41) is 13.5. The largest absolute Gasteiger partial charge is 0.665 e. The summed E-state index contributed by atoms with van der Waals surface area (Å²) in [4.78, 5) is 16.5. The van der Waals surface area contributed by atoms with Crippen LogP contribution in [0.25, 0.3) is 0 Å². The minimum Gasteiger partial charge on any atom is -0.665 e. The molecule has 0 heterocycles. The monoisotopic (exact) mass is 1250 g/mol. The Balaban J connectivity index is -0.00000000438. The Labute approximate surface area is 222 Å². The smallest absolute Gasteiger partial charge is 0 e. The van der Waals surface area contributed by atoms with Gasteiger partial charge in [-0.1, -0.05) is 12.9 Å². The summed E-state index contributed by atoms with van der Waals surface area (Å²) in [6.45, 7) is 13.0. The second-order valence-electron chi connectivity index (χ2n) is 0.536. The molecule has 0 rings (SSSR count). The second-order valence-corrected chi connectivity index (χ2v) is 0.536. The Kier molecular flexibility index (Phi) is 845. The molecule has 0 fully saturated rings. The molecule has 4 nitrogen and oxygen atoms in total. The van der Waals surface area contributed by atoms with Crippen LogP contribution in [-0.2, 0) is 127 Å². The van der Waals surface area contributed by atoms with Crippen LogP contribution < -0.4 is 0 Å². The molecule has 0 atom stereocenters. The Morgan fingerprint density at radius 1 is 0.947 bits per heavy atom. The van der Waals surface area contributed by atoms with Crippen molar-refractivity contribution in [1.82, 2.24) is 0 Å². The van der Waals surface area contributed by atoms with E-state index >= 15 is 0 Å². The minimum absolute atomic E-state index is 0. The van der Waals surface area contributed by atoms with Gasteiger partial charge in [-0.05, 0) is 0 Å². The average molecular weight is 1250 g/mol. The van der Waals surface area contributed by atoms with Crippen LogP contribution in [-0.4, -0.2) is 23.2 Å². The Morgan fingerprint density at radius 2 is 0.947 bits per heavy atom. The third kappa shape index (κ3) is 606. The van der Waals surface area contributed by atoms with Crippen molar-refractivity contribution in [2.75, 3.05) is 0 Å². The molecule has 0 saturated carbocycles. The topological polar surface area (TPSA) is 74.6 Å². The molecule has 0 aromatic rings. The predicted octanol–water partition coefficient (Wildman–Crippen LogP) is 3.03. The van der Waals surface area contributed by atoms with Gasteiger partial charge in [0, 0.05) is 154 Å². The molecule has 0 saturated heterocycles. The van der Waals surface area contributed by atoms with Crippen LogP contribution in [0.5, 0.6) is 0 Å². The van der Waals surface area contributed by atoms with Gasteiger partial charge in [-0.2, -0.15) is 6.92 Å². The molecule has 0 aliphatic rings. The first-order valence-electron chi connectivity index (χ1n) is 2.26. The van der Waals surface area contributed by atoms with Crippen molar-refractivity contribution in [3.8, 4) is 0 Å². The van der Waals surface area contributed by atoms with E-state index in [9.17, 15) is 0 Å². The zero-order valence-corrected chi connectivity index (χ0v) is 29.1. The quantitative estimate of drug-likeness (QED) is 0.290. The van der Waals surface area contributed by atoms with Crippen LogP contribution in [0.3, 0.4) is 0 Å². The molecule has 0 aromatic heterocycles. The van der Waals surface area contributed by atoms with E-state index in [1.807, 2.05) is 0 Å². The second kappa shape index (κ2) is 206. The summed E-state index contributed by atoms with van der Waals surface area (Å²) in [6, 6.07) is 0. The number of allylic oxidation sites excluding steroid dienone is 1. The van der Waals surface area contributed by atoms with E-state index in [1.165, 1.54) is 0 Å². The molecule has 0 aliphatic carbocycles. The van der Waals surface area contributed by atoms with Crippen LogP contribution in [0, 0.1) is 20.1 Å². The molecular formula is C8H13I2O4W4Y-5. The molecule has 11 heteroatoms. The number of aliphatic hydroxyl groups excluding tert-OH is 2. The number of hydrogen-bond donors (Lipinski definition) is 2. The standard InChI is InChI=1S/C3H5.C2H3.2CHO2.CH3.I2.4W.Y/c1-3-2;1-2;2*2-1-3;;1-2;;;;;/h1H2,2H3;1H,2H2;2*(H,2,3);1H3;;;;;;/q5*-1;;;;;;. The predicted molar refractivity (Wildman–Crippen MR) is 75.6 cm³/mol. The van der Waals surface area contributed by atoms with Gasteiger partial charge >= 0.3 is 0 Å². The fourth-order valence-corrected chi connectivity index (χ4v) is 0. The fourth-order valence-electron chi connectivity index (χ4n) is 0. The molecule has 0 aromatic carbocycles. The van der Waals surface area contributed by atoms with E-state index in [2.05, 4.69) is 63.0 Å². The molecular weight excluding hydrogens is 1240 g/mol. The van der Waals surface area contributed by atoms with Gasteiger partial charge in [-0.3, -0.25) is 13.2 Å². The first kappa shape index (κ1) is 78.0. The summed E-state index contributed by atoms with van der Waals surface area (Å²) in [6.07, 6.45) is 2.50. The summed E-state index contributed by atoms with van der Waals surface area (Å²) in [7, 11) is 0. The van der Waals surface area contributed by atoms with E-state index in [1.54, 1.807) is 6.92 Å². The number of hydrogen-bond acceptors (Lipinski definition) is 2. The first-order valence-corrected chi connectivity index (χ1v) is 8.55. The van der Waals surface area contributed by atoms with Crippen LogP contribution in [0.15, 0.2) is 13.2 Å². The third-order valence-corrected chi connectivity index (χ3v) is 0. The maximum atomic E-state index is 8.24. The maximum absolute atomic E-state index is 8.24. The van der Waals surface area contributed by atoms with Crippen molar-refractivity contribution in [3.63, 3.8) is 0 Å². The average Bonchev–Trinajstić information content (AvgIpc) is 2.14. The van der Waals surface area contributed by atoms with Crippen molar-refractivity contribution >= 4 is 50.2 Å². The molecule has 0 spiro atoms. The van der Waals surface area contributed by atoms with E-state index in [-0.39, 0.29) is 124 Å². The molecule has 0 unspecified atom stereocenters. The first-order chi connectivity index (χ1) is 6.24. The van der Waals surface area contributed by atoms with Crippen molar-refractivity contribution in [3.05, 3.63) is 33.2 Å². The summed E-state index contributed by atoms with van der Waals surface area (Å²) in [5.41, 5.74) is 0. The van der Waals surface area contributed by atoms with Gasteiger partial charge < -0.3 is 39.9 Å². The summed E-state index contributed by atoms with van der Waals surface area (Å²) in [5.74, 6) is 0. The van der Waals surface area contributed by atoms with E-state index in [0.29, 0.717) is 12.9 Å². The van der Waals surface area contributed by atoms with E-state index < -0.39 is 0 Å². The summed E-state index contributed by atoms with van der Waals surface area (Å²) < 4.78 is 0. The molecule has 0 aliphatic heterocycles. The molecule has 115 valence electrons. The van der Waals surface area contributed by atoms with Gasteiger partial charge in [-0.15, -0.1) is 0 Å². The zero-order chi connectivity index (χ0) is 12.1. The summed E-state index contributed by atoms with van der Waals surface area (Å²) >= 11 is 4.24. The maximum Gasteiger partial charge on any atom is 0 e. The van der Waals surface area contributed by atoms with Crippen molar-refractivity contribution in [2.24, 2.45) is 0 Å². The molecule has 19 heavy (non-hydrogen) atoms. The molecule has 0 bridgehead atoms. The Hall–Kier alpha value is 3.74. The SMILES string of the molecule is C=[C-]C.II.O=[C-]O.O=[C-]O.[CH-]=C.[CH3-].[W].[W].[W].[W].[Y]. The van der Waals surface area contributed by atoms with Gasteiger partial charge in [0.25, 0.3) is 0 Å². The van der Waals surface area contributed by atoms with E-state index in [4.69, 9.17) is 19.8 Å². The van der Waals surface area contributed by atoms with Gasteiger partial charge in [0.2, 0.25) is 0 Å². The van der Waals surface area contributed by atoms with Gasteiger partial charge in [0.05, 0.1) is 0 Å². The van der Waals surface area contributed by atoms with Crippen LogP contribution in [0.4, 0.5) is 0 Å². The third-order valence-electron chi connectivity index (χ3n) is 0. The van der Waals surface area contributed by atoms with Crippen molar-refractivity contribution in [1.29, 1.82) is 0 Å². The van der Waals surface area contributed by atoms with Gasteiger partial charge in [0.15, 0.2) is 0 Å². The van der Waals surface area contributed by atoms with Gasteiger partial charge in [0.1, 0.15) is 0 Å². The molecule has 2 N–H and O–H groups in total. The molecule has 1 radical (unpaired) electrons. The van der Waals surface area contributed by atoms with Gasteiger partial charge in [-0.25, -0.2) is 0 Å². The van der Waals surface area contributed by atoms with Crippen molar-refractivity contribution in [2.45, 2.75) is 6.92 Å². The molecule has 0 amide bonds. The van der Waals surface area contributed by atoms with E-state index in [0.717, 1.165) is 0 Å². The van der Waals surface area contributed by atoms with Crippen LogP contribution in [0.2, 0.25) is 0 Å². The zero-order valence-electron chi connectivity index (χ0n) is 10.2.